The fraction of sp³-hybridized carbons (Fsp3) is 0.0870. The Balaban J connectivity index is 1.71. The molecule has 0 aliphatic carbocycles. The Morgan fingerprint density at radius 2 is 1.70 bits per heavy atom. The van der Waals surface area contributed by atoms with Crippen molar-refractivity contribution in [2.75, 3.05) is 0 Å². The minimum Gasteiger partial charge on any atom is -0.595 e. The molecule has 4 rings (SSSR count). The molecule has 0 saturated heterocycles. The number of fused-ring (bicyclic) bond motifs is 1. The van der Waals surface area contributed by atoms with Gasteiger partial charge in [-0.25, -0.2) is 5.21 Å². The highest BCUT2D eigenvalue weighted by atomic mass is 35.5. The van der Waals surface area contributed by atoms with Gasteiger partial charge in [0.1, 0.15) is 17.9 Å². The van der Waals surface area contributed by atoms with Crippen LogP contribution < -0.4 is 15.4 Å². The minimum absolute atomic E-state index is 0.0324. The molecule has 170 valence electrons. The van der Waals surface area contributed by atoms with Crippen molar-refractivity contribution in [1.82, 2.24) is 0 Å². The summed E-state index contributed by atoms with van der Waals surface area (Å²) in [7, 11) is 0. The van der Waals surface area contributed by atoms with E-state index in [-0.39, 0.29) is 34.6 Å². The van der Waals surface area contributed by atoms with Crippen molar-refractivity contribution in [2.45, 2.75) is 12.8 Å². The fourth-order valence-corrected chi connectivity index (χ4v) is 3.38. The summed E-state index contributed by atoms with van der Waals surface area (Å²) in [5.74, 6) is -1.23. The van der Waals surface area contributed by atoms with Gasteiger partial charge in [-0.1, -0.05) is 23.7 Å². The molecule has 3 aromatic carbocycles. The lowest BCUT2D eigenvalue weighted by Gasteiger charge is -2.14. The lowest BCUT2D eigenvalue weighted by atomic mass is 10.0. The molecule has 0 fully saturated rings. The summed E-state index contributed by atoms with van der Waals surface area (Å²) in [5.41, 5.74) is -0.908. The fourth-order valence-electron chi connectivity index (χ4n) is 3.25. The van der Waals surface area contributed by atoms with Crippen molar-refractivity contribution >= 4 is 28.3 Å². The second-order valence-electron chi connectivity index (χ2n) is 7.09. The average molecular weight is 478 g/mol. The Morgan fingerprint density at radius 3 is 2.30 bits per heavy atom. The second kappa shape index (κ2) is 8.87. The number of rotatable bonds is 5. The molecule has 4 aromatic rings. The molecule has 1 atom stereocenters. The second-order valence-corrected chi connectivity index (χ2v) is 7.53. The van der Waals surface area contributed by atoms with Crippen molar-refractivity contribution in [3.8, 4) is 16.9 Å². The van der Waals surface area contributed by atoms with Gasteiger partial charge in [-0.3, -0.25) is 4.79 Å². The van der Waals surface area contributed by atoms with Crippen LogP contribution in [-0.2, 0) is 12.8 Å². The summed E-state index contributed by atoms with van der Waals surface area (Å²) >= 11 is 5.81. The Kier molecular flexibility index (Phi) is 6.13. The number of benzene rings is 3. The molecule has 1 aromatic heterocycles. The van der Waals surface area contributed by atoms with E-state index in [2.05, 4.69) is 0 Å². The van der Waals surface area contributed by atoms with Gasteiger partial charge in [0.05, 0.1) is 10.9 Å². The van der Waals surface area contributed by atoms with Gasteiger partial charge in [-0.05, 0) is 47.5 Å². The summed E-state index contributed by atoms with van der Waals surface area (Å²) < 4.78 is 52.0. The van der Waals surface area contributed by atoms with Crippen LogP contribution in [0.25, 0.3) is 22.1 Å². The van der Waals surface area contributed by atoms with Gasteiger partial charge in [0, 0.05) is 23.2 Å². The van der Waals surface area contributed by atoms with E-state index in [0.29, 0.717) is 10.6 Å². The number of ether oxygens (including phenoxy) is 1. The first kappa shape index (κ1) is 22.8. The van der Waals surface area contributed by atoms with E-state index >= 15 is 0 Å². The van der Waals surface area contributed by atoms with Crippen LogP contribution in [-0.4, -0.2) is 5.21 Å². The Labute approximate surface area is 189 Å². The highest BCUT2D eigenvalue weighted by molar-refractivity contribution is 6.30. The maximum atomic E-state index is 13.7. The SMILES string of the molecule is O=c1c(-c2ccc(Cl)cc2)c(C(F)(F)F)oc2cc(OCc3ccc([NH+]([O-])O)cc3)ccc12. The molecule has 0 aliphatic rings. The zero-order valence-electron chi connectivity index (χ0n) is 16.7. The van der Waals surface area contributed by atoms with Crippen LogP contribution >= 0.6 is 11.6 Å². The molecule has 0 radical (unpaired) electrons. The number of halogens is 4. The monoisotopic (exact) mass is 477 g/mol. The summed E-state index contributed by atoms with van der Waals surface area (Å²) in [6.07, 6.45) is -4.91. The number of hydrogen-bond acceptors (Lipinski definition) is 5. The predicted molar refractivity (Wildman–Crippen MR) is 114 cm³/mol. The molecule has 0 saturated carbocycles. The maximum absolute atomic E-state index is 13.7. The van der Waals surface area contributed by atoms with E-state index in [1.165, 1.54) is 54.6 Å². The largest absolute Gasteiger partial charge is 0.595 e. The van der Waals surface area contributed by atoms with Crippen LogP contribution in [0.2, 0.25) is 5.02 Å². The Bertz CT molecular complexity index is 1350. The van der Waals surface area contributed by atoms with E-state index in [1.54, 1.807) is 12.1 Å². The normalized spacial score (nSPS) is 12.7. The quantitative estimate of drug-likeness (QED) is 0.390. The average Bonchev–Trinajstić information content (AvgIpc) is 2.78. The number of quaternary nitrogens is 1. The highest BCUT2D eigenvalue weighted by Crippen LogP contribution is 2.38. The Morgan fingerprint density at radius 1 is 1.03 bits per heavy atom. The lowest BCUT2D eigenvalue weighted by Crippen LogP contribution is -2.99. The maximum Gasteiger partial charge on any atom is 0.450 e. The standard InChI is InChI=1S/C23H15ClF3NO5/c24-15-5-3-14(4-6-15)20-21(29)18-10-9-17(11-19(18)33-22(20)23(25,26)27)32-12-13-1-7-16(8-2-13)28(30)31/h1-11,28,30H,12H2. The molecule has 33 heavy (non-hydrogen) atoms. The first-order chi connectivity index (χ1) is 15.6. The summed E-state index contributed by atoms with van der Waals surface area (Å²) in [5, 5.41) is 19.1. The van der Waals surface area contributed by atoms with E-state index in [9.17, 15) is 23.2 Å². The van der Waals surface area contributed by atoms with Crippen LogP contribution in [0.4, 0.5) is 18.9 Å². The minimum atomic E-state index is -4.91. The van der Waals surface area contributed by atoms with Crippen molar-refractivity contribution in [3.05, 3.63) is 98.5 Å². The van der Waals surface area contributed by atoms with Crippen molar-refractivity contribution in [3.63, 3.8) is 0 Å². The van der Waals surface area contributed by atoms with Gasteiger partial charge >= 0.3 is 6.18 Å². The highest BCUT2D eigenvalue weighted by Gasteiger charge is 2.39. The Hall–Kier alpha value is -3.37. The molecule has 1 unspecified atom stereocenters. The third-order valence-electron chi connectivity index (χ3n) is 4.86. The third-order valence-corrected chi connectivity index (χ3v) is 5.11. The van der Waals surface area contributed by atoms with Gasteiger partial charge in [0.2, 0.25) is 11.2 Å². The topological polar surface area (TPSA) is 87.2 Å². The molecule has 1 heterocycles. The number of hydrogen-bond donors (Lipinski definition) is 2. The summed E-state index contributed by atoms with van der Waals surface area (Å²) in [6.45, 7) is 0.0324. The van der Waals surface area contributed by atoms with Crippen molar-refractivity contribution in [1.29, 1.82) is 0 Å². The first-order valence-corrected chi connectivity index (χ1v) is 9.90. The molecule has 0 amide bonds. The summed E-state index contributed by atoms with van der Waals surface area (Å²) in [4.78, 5) is 13.0. The van der Waals surface area contributed by atoms with Gasteiger partial charge in [0.25, 0.3) is 0 Å². The number of nitrogens with one attached hydrogen (secondary N) is 1. The van der Waals surface area contributed by atoms with Crippen LogP contribution in [0.5, 0.6) is 5.75 Å². The molecular formula is C23H15ClF3NO5. The lowest BCUT2D eigenvalue weighted by molar-refractivity contribution is -0.991. The molecule has 10 heteroatoms. The van der Waals surface area contributed by atoms with Crippen molar-refractivity contribution in [2.24, 2.45) is 0 Å². The van der Waals surface area contributed by atoms with Crippen LogP contribution in [0.3, 0.4) is 0 Å². The zero-order chi connectivity index (χ0) is 23.8. The predicted octanol–water partition coefficient (Wildman–Crippen LogP) is 5.11. The molecule has 0 bridgehead atoms. The van der Waals surface area contributed by atoms with Gasteiger partial charge in [0.15, 0.2) is 5.69 Å². The summed E-state index contributed by atoms with van der Waals surface area (Å²) in [6, 6.07) is 15.4. The van der Waals surface area contributed by atoms with Crippen molar-refractivity contribution < 1.29 is 32.8 Å². The smallest absolute Gasteiger partial charge is 0.450 e. The third kappa shape index (κ3) is 4.86. The van der Waals surface area contributed by atoms with E-state index in [1.807, 2.05) is 0 Å². The van der Waals surface area contributed by atoms with Gasteiger partial charge in [-0.15, -0.1) is 0 Å². The molecular weight excluding hydrogens is 463 g/mol. The van der Waals surface area contributed by atoms with Crippen LogP contribution in [0.1, 0.15) is 11.3 Å². The van der Waals surface area contributed by atoms with E-state index in [0.717, 1.165) is 0 Å². The van der Waals surface area contributed by atoms with Gasteiger partial charge < -0.3 is 14.4 Å². The zero-order valence-corrected chi connectivity index (χ0v) is 17.4. The van der Waals surface area contributed by atoms with Gasteiger partial charge in [-0.2, -0.15) is 18.4 Å². The number of alkyl halides is 3. The molecule has 6 nitrogen and oxygen atoms in total. The van der Waals surface area contributed by atoms with E-state index < -0.39 is 28.2 Å². The molecule has 2 N–H and O–H groups in total. The van der Waals surface area contributed by atoms with Crippen LogP contribution in [0, 0.1) is 5.21 Å². The first-order valence-electron chi connectivity index (χ1n) is 9.52. The van der Waals surface area contributed by atoms with Crippen LogP contribution in [0.15, 0.2) is 75.9 Å². The molecule has 0 spiro atoms. The molecule has 0 aliphatic heterocycles. The van der Waals surface area contributed by atoms with E-state index in [4.69, 9.17) is 26.0 Å².